The van der Waals surface area contributed by atoms with Crippen molar-refractivity contribution in [2.75, 3.05) is 11.1 Å². The van der Waals surface area contributed by atoms with Crippen LogP contribution in [0.1, 0.15) is 35.2 Å². The van der Waals surface area contributed by atoms with Gasteiger partial charge in [-0.3, -0.25) is 4.79 Å². The van der Waals surface area contributed by atoms with Crippen LogP contribution in [0.4, 0.5) is 5.00 Å². The summed E-state index contributed by atoms with van der Waals surface area (Å²) >= 11 is 2.89. The second-order valence-electron chi connectivity index (χ2n) is 6.09. The Kier molecular flexibility index (Phi) is 4.92. The van der Waals surface area contributed by atoms with Crippen molar-refractivity contribution in [3.63, 3.8) is 0 Å². The fourth-order valence-electron chi connectivity index (χ4n) is 2.76. The van der Waals surface area contributed by atoms with Crippen molar-refractivity contribution >= 4 is 34.0 Å². The van der Waals surface area contributed by atoms with Gasteiger partial charge < -0.3 is 9.88 Å². The number of amides is 1. The number of carbonyl (C=O) groups excluding carboxylic acids is 1. The minimum absolute atomic E-state index is 0.121. The van der Waals surface area contributed by atoms with E-state index in [2.05, 4.69) is 28.5 Å². The first kappa shape index (κ1) is 17.0. The molecule has 1 N–H and O–H groups in total. The lowest BCUT2D eigenvalue weighted by Crippen LogP contribution is -2.14. The van der Waals surface area contributed by atoms with Gasteiger partial charge in [0.2, 0.25) is 5.91 Å². The molecule has 1 aliphatic carbocycles. The zero-order valence-corrected chi connectivity index (χ0v) is 15.6. The molecule has 126 valence electrons. The molecular formula is C16H19N5OS2. The van der Waals surface area contributed by atoms with Gasteiger partial charge in [-0.05, 0) is 37.7 Å². The molecule has 0 aliphatic heterocycles. The molecule has 0 saturated heterocycles. The van der Waals surface area contributed by atoms with Crippen LogP contribution in [0.2, 0.25) is 0 Å². The second kappa shape index (κ2) is 6.95. The molecule has 8 heteroatoms. The SMILES string of the molecule is Cc1nnc(SCC(=O)Nc2sc3c(c2C#N)CCC(C)C3)n1C. The number of rotatable bonds is 4. The molecule has 2 aromatic rings. The summed E-state index contributed by atoms with van der Waals surface area (Å²) < 4.78 is 1.85. The summed E-state index contributed by atoms with van der Waals surface area (Å²) in [7, 11) is 1.87. The van der Waals surface area contributed by atoms with Gasteiger partial charge >= 0.3 is 0 Å². The molecule has 24 heavy (non-hydrogen) atoms. The molecular weight excluding hydrogens is 342 g/mol. The zero-order valence-electron chi connectivity index (χ0n) is 13.9. The van der Waals surface area contributed by atoms with E-state index in [1.807, 2.05) is 18.5 Å². The smallest absolute Gasteiger partial charge is 0.235 e. The number of carbonyl (C=O) groups is 1. The Morgan fingerprint density at radius 1 is 1.54 bits per heavy atom. The summed E-state index contributed by atoms with van der Waals surface area (Å²) in [5, 5.41) is 21.8. The number of thiophene rings is 1. The summed E-state index contributed by atoms with van der Waals surface area (Å²) in [6, 6.07) is 2.27. The van der Waals surface area contributed by atoms with E-state index in [1.54, 1.807) is 11.3 Å². The van der Waals surface area contributed by atoms with Gasteiger partial charge in [-0.1, -0.05) is 18.7 Å². The lowest BCUT2D eigenvalue weighted by molar-refractivity contribution is -0.113. The normalized spacial score (nSPS) is 16.5. The fraction of sp³-hybridized carbons (Fsp3) is 0.500. The Balaban J connectivity index is 1.68. The van der Waals surface area contributed by atoms with Crippen LogP contribution in [0, 0.1) is 24.2 Å². The maximum Gasteiger partial charge on any atom is 0.235 e. The van der Waals surface area contributed by atoms with Gasteiger partial charge in [0.1, 0.15) is 16.9 Å². The highest BCUT2D eigenvalue weighted by Crippen LogP contribution is 2.39. The number of nitrogens with one attached hydrogen (secondary N) is 1. The Bertz CT molecular complexity index is 817. The van der Waals surface area contributed by atoms with E-state index in [-0.39, 0.29) is 11.7 Å². The van der Waals surface area contributed by atoms with Crippen molar-refractivity contribution in [3.8, 4) is 6.07 Å². The highest BCUT2D eigenvalue weighted by Gasteiger charge is 2.24. The van der Waals surface area contributed by atoms with Crippen LogP contribution < -0.4 is 5.32 Å². The van der Waals surface area contributed by atoms with E-state index in [0.29, 0.717) is 21.6 Å². The second-order valence-corrected chi connectivity index (χ2v) is 8.14. The van der Waals surface area contributed by atoms with Crippen molar-refractivity contribution in [2.24, 2.45) is 13.0 Å². The van der Waals surface area contributed by atoms with Crippen LogP contribution in [0.25, 0.3) is 0 Å². The largest absolute Gasteiger partial charge is 0.316 e. The molecule has 1 amide bonds. The number of hydrogen-bond donors (Lipinski definition) is 1. The van der Waals surface area contributed by atoms with Gasteiger partial charge in [-0.15, -0.1) is 21.5 Å². The van der Waals surface area contributed by atoms with Gasteiger partial charge in [-0.2, -0.15) is 5.26 Å². The van der Waals surface area contributed by atoms with Gasteiger partial charge in [-0.25, -0.2) is 0 Å². The van der Waals surface area contributed by atoms with Crippen LogP contribution in [0.5, 0.6) is 0 Å². The monoisotopic (exact) mass is 361 g/mol. The third kappa shape index (κ3) is 3.32. The van der Waals surface area contributed by atoms with E-state index in [4.69, 9.17) is 0 Å². The van der Waals surface area contributed by atoms with Crippen molar-refractivity contribution in [1.82, 2.24) is 14.8 Å². The molecule has 0 bridgehead atoms. The molecule has 0 spiro atoms. The van der Waals surface area contributed by atoms with E-state index < -0.39 is 0 Å². The average Bonchev–Trinajstić information content (AvgIpc) is 3.05. The maximum absolute atomic E-state index is 12.3. The number of anilines is 1. The average molecular weight is 361 g/mol. The van der Waals surface area contributed by atoms with Gasteiger partial charge in [0, 0.05) is 11.9 Å². The Labute approximate surface area is 149 Å². The number of fused-ring (bicyclic) bond motifs is 1. The highest BCUT2D eigenvalue weighted by atomic mass is 32.2. The van der Waals surface area contributed by atoms with E-state index in [9.17, 15) is 10.1 Å². The fourth-order valence-corrected chi connectivity index (χ4v) is 4.90. The predicted octanol–water partition coefficient (Wildman–Crippen LogP) is 2.91. The van der Waals surface area contributed by atoms with Crippen molar-refractivity contribution < 1.29 is 4.79 Å². The molecule has 6 nitrogen and oxygen atoms in total. The zero-order chi connectivity index (χ0) is 17.3. The van der Waals surface area contributed by atoms with Crippen molar-refractivity contribution in [2.45, 2.75) is 38.3 Å². The van der Waals surface area contributed by atoms with Gasteiger partial charge in [0.15, 0.2) is 5.16 Å². The minimum atomic E-state index is -0.121. The van der Waals surface area contributed by atoms with E-state index in [0.717, 1.165) is 30.7 Å². The quantitative estimate of drug-likeness (QED) is 0.847. The van der Waals surface area contributed by atoms with Gasteiger partial charge in [0.25, 0.3) is 0 Å². The standard InChI is InChI=1S/C16H19N5OS2/c1-9-4-5-11-12(7-17)15(24-13(11)6-9)18-14(22)8-23-16-20-19-10(2)21(16)3/h9H,4-6,8H2,1-3H3,(H,18,22). The number of thioether (sulfide) groups is 1. The highest BCUT2D eigenvalue weighted by molar-refractivity contribution is 7.99. The summed E-state index contributed by atoms with van der Waals surface area (Å²) in [4.78, 5) is 13.5. The number of nitrogens with zero attached hydrogens (tertiary/aromatic N) is 4. The van der Waals surface area contributed by atoms with Crippen LogP contribution in [0.15, 0.2) is 5.16 Å². The summed E-state index contributed by atoms with van der Waals surface area (Å²) in [6.07, 6.45) is 3.03. The lowest BCUT2D eigenvalue weighted by Gasteiger charge is -2.17. The number of aryl methyl sites for hydroxylation is 1. The molecule has 3 rings (SSSR count). The molecule has 1 atom stereocenters. The lowest BCUT2D eigenvalue weighted by atomic mass is 9.89. The van der Waals surface area contributed by atoms with Crippen LogP contribution in [-0.2, 0) is 24.7 Å². The van der Waals surface area contributed by atoms with Gasteiger partial charge in [0.05, 0.1) is 11.3 Å². The maximum atomic E-state index is 12.3. The summed E-state index contributed by atoms with van der Waals surface area (Å²) in [5.74, 6) is 1.57. The van der Waals surface area contributed by atoms with Crippen molar-refractivity contribution in [1.29, 1.82) is 5.26 Å². The molecule has 0 aromatic carbocycles. The van der Waals surface area contributed by atoms with Crippen LogP contribution >= 0.6 is 23.1 Å². The van der Waals surface area contributed by atoms with E-state index >= 15 is 0 Å². The van der Waals surface area contributed by atoms with Crippen LogP contribution in [-0.4, -0.2) is 26.4 Å². The predicted molar refractivity (Wildman–Crippen MR) is 95.3 cm³/mol. The number of aromatic nitrogens is 3. The Morgan fingerprint density at radius 2 is 2.33 bits per heavy atom. The first-order chi connectivity index (χ1) is 11.5. The number of nitriles is 1. The molecule has 2 heterocycles. The molecule has 1 aliphatic rings. The Hall–Kier alpha value is -1.85. The van der Waals surface area contributed by atoms with Crippen molar-refractivity contribution in [3.05, 3.63) is 21.8 Å². The first-order valence-corrected chi connectivity index (χ1v) is 9.63. The third-order valence-corrected chi connectivity index (χ3v) is 6.45. The minimum Gasteiger partial charge on any atom is -0.316 e. The first-order valence-electron chi connectivity index (χ1n) is 7.82. The molecule has 1 unspecified atom stereocenters. The molecule has 0 radical (unpaired) electrons. The Morgan fingerprint density at radius 3 is 3.00 bits per heavy atom. The van der Waals surface area contributed by atoms with Crippen LogP contribution in [0.3, 0.4) is 0 Å². The summed E-state index contributed by atoms with van der Waals surface area (Å²) in [5.41, 5.74) is 1.78. The molecule has 0 saturated carbocycles. The topological polar surface area (TPSA) is 83.6 Å². The third-order valence-electron chi connectivity index (χ3n) is 4.26. The summed E-state index contributed by atoms with van der Waals surface area (Å²) in [6.45, 7) is 4.10. The number of hydrogen-bond acceptors (Lipinski definition) is 6. The molecule has 2 aromatic heterocycles. The molecule has 0 fully saturated rings. The van der Waals surface area contributed by atoms with E-state index in [1.165, 1.54) is 16.6 Å².